The first-order valence-corrected chi connectivity index (χ1v) is 10.7. The first kappa shape index (κ1) is 19.1. The molecule has 0 unspecified atom stereocenters. The number of hydrogen-bond donors (Lipinski definition) is 1. The number of carbonyl (C=O) groups excluding carboxylic acids is 2. The van der Waals surface area contributed by atoms with Crippen molar-refractivity contribution in [2.45, 2.75) is 58.6 Å². The second kappa shape index (κ2) is 7.66. The summed E-state index contributed by atoms with van der Waals surface area (Å²) in [7, 11) is 0. The third kappa shape index (κ3) is 3.83. The summed E-state index contributed by atoms with van der Waals surface area (Å²) >= 11 is 1.69. The zero-order chi connectivity index (χ0) is 19.8. The van der Waals surface area contributed by atoms with Crippen molar-refractivity contribution in [1.82, 2.24) is 15.3 Å². The van der Waals surface area contributed by atoms with Gasteiger partial charge in [-0.1, -0.05) is 0 Å². The molecule has 0 bridgehead atoms. The molecule has 0 aromatic carbocycles. The van der Waals surface area contributed by atoms with Crippen molar-refractivity contribution in [3.8, 4) is 0 Å². The van der Waals surface area contributed by atoms with Crippen LogP contribution in [0.25, 0.3) is 10.2 Å². The highest BCUT2D eigenvalue weighted by Gasteiger charge is 2.32. The number of piperidine rings is 1. The molecule has 150 valence electrons. The summed E-state index contributed by atoms with van der Waals surface area (Å²) in [5.41, 5.74) is 1.23. The Labute approximate surface area is 168 Å². The molecule has 1 N–H and O–H groups in total. The number of nitrogens with one attached hydrogen (secondary N) is 1. The molecule has 28 heavy (non-hydrogen) atoms. The van der Waals surface area contributed by atoms with Crippen LogP contribution in [0.1, 0.15) is 43.0 Å². The van der Waals surface area contributed by atoms with Crippen LogP contribution in [0.2, 0.25) is 0 Å². The van der Waals surface area contributed by atoms with E-state index in [2.05, 4.69) is 34.0 Å². The van der Waals surface area contributed by atoms with Gasteiger partial charge >= 0.3 is 5.97 Å². The summed E-state index contributed by atoms with van der Waals surface area (Å²) in [6.07, 6.45) is 4.32. The van der Waals surface area contributed by atoms with E-state index in [0.717, 1.165) is 42.0 Å². The van der Waals surface area contributed by atoms with Crippen LogP contribution in [-0.2, 0) is 14.3 Å². The Morgan fingerprint density at radius 2 is 1.93 bits per heavy atom. The summed E-state index contributed by atoms with van der Waals surface area (Å²) in [6.45, 7) is 7.34. The average molecular weight is 403 g/mol. The minimum atomic E-state index is -0.732. The first-order chi connectivity index (χ1) is 13.4. The van der Waals surface area contributed by atoms with Crippen LogP contribution >= 0.6 is 11.3 Å². The zero-order valence-corrected chi connectivity index (χ0v) is 17.3. The lowest BCUT2D eigenvalue weighted by Gasteiger charge is -2.32. The summed E-state index contributed by atoms with van der Waals surface area (Å²) in [6, 6.07) is 0.269. The lowest BCUT2D eigenvalue weighted by atomic mass is 9.96. The van der Waals surface area contributed by atoms with E-state index in [4.69, 9.17) is 4.74 Å². The van der Waals surface area contributed by atoms with Crippen LogP contribution < -0.4 is 10.2 Å². The molecule has 1 saturated carbocycles. The molecule has 3 heterocycles. The number of aryl methyl sites for hydroxylation is 2. The molecule has 2 fully saturated rings. The number of carbonyl (C=O) groups is 2. The summed E-state index contributed by atoms with van der Waals surface area (Å²) in [4.78, 5) is 37.9. The lowest BCUT2D eigenvalue weighted by molar-refractivity contribution is -0.159. The second-order valence-electron chi connectivity index (χ2n) is 7.78. The van der Waals surface area contributed by atoms with Gasteiger partial charge in [-0.25, -0.2) is 9.97 Å². The van der Waals surface area contributed by atoms with Gasteiger partial charge in [0.15, 0.2) is 6.10 Å². The number of anilines is 1. The van der Waals surface area contributed by atoms with Gasteiger partial charge in [-0.05, 0) is 52.0 Å². The number of thiophene rings is 1. The molecule has 1 aliphatic heterocycles. The quantitative estimate of drug-likeness (QED) is 0.774. The van der Waals surface area contributed by atoms with Crippen molar-refractivity contribution in [1.29, 1.82) is 0 Å². The summed E-state index contributed by atoms with van der Waals surface area (Å²) in [5.74, 6) is 0.319. The van der Waals surface area contributed by atoms with Gasteiger partial charge in [0, 0.05) is 24.0 Å². The van der Waals surface area contributed by atoms with E-state index >= 15 is 0 Å². The first-order valence-electron chi connectivity index (χ1n) is 9.90. The monoisotopic (exact) mass is 402 g/mol. The molecule has 1 amide bonds. The molecule has 2 aromatic heterocycles. The maximum atomic E-state index is 12.5. The highest BCUT2D eigenvalue weighted by molar-refractivity contribution is 7.18. The number of fused-ring (bicyclic) bond motifs is 1. The summed E-state index contributed by atoms with van der Waals surface area (Å²) in [5, 5.41) is 4.00. The number of ether oxygens (including phenoxy) is 1. The predicted molar refractivity (Wildman–Crippen MR) is 109 cm³/mol. The van der Waals surface area contributed by atoms with Crippen molar-refractivity contribution in [2.75, 3.05) is 18.0 Å². The fraction of sp³-hybridized carbons (Fsp3) is 0.600. The number of aromatic nitrogens is 2. The van der Waals surface area contributed by atoms with Crippen molar-refractivity contribution >= 4 is 39.2 Å². The topological polar surface area (TPSA) is 84.4 Å². The van der Waals surface area contributed by atoms with Gasteiger partial charge in [-0.15, -0.1) is 11.3 Å². The highest BCUT2D eigenvalue weighted by atomic mass is 32.1. The smallest absolute Gasteiger partial charge is 0.309 e. The van der Waals surface area contributed by atoms with Gasteiger partial charge < -0.3 is 15.0 Å². The van der Waals surface area contributed by atoms with Gasteiger partial charge in [0.1, 0.15) is 17.0 Å². The Morgan fingerprint density at radius 1 is 1.21 bits per heavy atom. The Bertz CT molecular complexity index is 900. The van der Waals surface area contributed by atoms with Gasteiger partial charge in [0.05, 0.1) is 11.3 Å². The van der Waals surface area contributed by atoms with Crippen LogP contribution in [0.5, 0.6) is 0 Å². The number of rotatable bonds is 5. The standard InChI is InChI=1S/C20H26N4O3S/c1-11-13(3)28-19-16(11)17(21-10-22-19)24-8-6-14(7-9-24)20(26)27-12(2)18(25)23-15-4-5-15/h10,12,14-15H,4-9H2,1-3H3,(H,23,25)/t12-/m1/s1. The predicted octanol–water partition coefficient (Wildman–Crippen LogP) is 2.73. The van der Waals surface area contributed by atoms with Gasteiger partial charge in [-0.3, -0.25) is 9.59 Å². The van der Waals surface area contributed by atoms with E-state index < -0.39 is 6.10 Å². The molecule has 7 nitrogen and oxygen atoms in total. The van der Waals surface area contributed by atoms with Crippen LogP contribution in [0, 0.1) is 19.8 Å². The maximum absolute atomic E-state index is 12.5. The van der Waals surface area contributed by atoms with Crippen LogP contribution in [-0.4, -0.2) is 47.1 Å². The molecule has 1 saturated heterocycles. The number of esters is 1. The molecule has 2 aliphatic rings. The van der Waals surface area contributed by atoms with E-state index in [1.165, 1.54) is 10.4 Å². The van der Waals surface area contributed by atoms with Crippen molar-refractivity contribution in [3.63, 3.8) is 0 Å². The zero-order valence-electron chi connectivity index (χ0n) is 16.5. The van der Waals surface area contributed by atoms with Crippen molar-refractivity contribution < 1.29 is 14.3 Å². The Morgan fingerprint density at radius 3 is 2.61 bits per heavy atom. The van der Waals surface area contributed by atoms with Crippen LogP contribution in [0.15, 0.2) is 6.33 Å². The molecule has 0 spiro atoms. The molecular formula is C20H26N4O3S. The van der Waals surface area contributed by atoms with Crippen LogP contribution in [0.3, 0.4) is 0 Å². The average Bonchev–Trinajstić information content (AvgIpc) is 3.46. The fourth-order valence-electron chi connectivity index (χ4n) is 3.60. The van der Waals surface area contributed by atoms with Crippen molar-refractivity contribution in [3.05, 3.63) is 16.8 Å². The molecular weight excluding hydrogens is 376 g/mol. The number of amides is 1. The number of nitrogens with zero attached hydrogens (tertiary/aromatic N) is 3. The molecule has 0 radical (unpaired) electrons. The Balaban J connectivity index is 1.37. The van der Waals surface area contributed by atoms with Crippen molar-refractivity contribution in [2.24, 2.45) is 5.92 Å². The number of hydrogen-bond acceptors (Lipinski definition) is 7. The van der Waals surface area contributed by atoms with Gasteiger partial charge in [0.2, 0.25) is 0 Å². The highest BCUT2D eigenvalue weighted by Crippen LogP contribution is 2.35. The third-order valence-electron chi connectivity index (χ3n) is 5.66. The normalized spacial score (nSPS) is 18.9. The van der Waals surface area contributed by atoms with Gasteiger partial charge in [-0.2, -0.15) is 0 Å². The lowest BCUT2D eigenvalue weighted by Crippen LogP contribution is -2.41. The molecule has 4 rings (SSSR count). The molecule has 1 aliphatic carbocycles. The van der Waals surface area contributed by atoms with E-state index in [1.54, 1.807) is 24.6 Å². The molecule has 2 aromatic rings. The van der Waals surface area contributed by atoms with E-state index in [-0.39, 0.29) is 23.8 Å². The molecule has 1 atom stereocenters. The minimum absolute atomic E-state index is 0.171. The van der Waals surface area contributed by atoms with Crippen LogP contribution in [0.4, 0.5) is 5.82 Å². The maximum Gasteiger partial charge on any atom is 0.309 e. The Hall–Kier alpha value is -2.22. The molecule has 8 heteroatoms. The SMILES string of the molecule is Cc1sc2ncnc(N3CCC(C(=O)O[C@H](C)C(=O)NC4CC4)CC3)c2c1C. The summed E-state index contributed by atoms with van der Waals surface area (Å²) < 4.78 is 5.42. The minimum Gasteiger partial charge on any atom is -0.452 e. The van der Waals surface area contributed by atoms with E-state index in [0.29, 0.717) is 12.8 Å². The third-order valence-corrected chi connectivity index (χ3v) is 6.77. The van der Waals surface area contributed by atoms with E-state index in [9.17, 15) is 9.59 Å². The fourth-order valence-corrected chi connectivity index (χ4v) is 4.59. The van der Waals surface area contributed by atoms with Gasteiger partial charge in [0.25, 0.3) is 5.91 Å². The van der Waals surface area contributed by atoms with E-state index in [1.807, 2.05) is 0 Å². The Kier molecular flexibility index (Phi) is 5.23. The largest absolute Gasteiger partial charge is 0.452 e. The second-order valence-corrected chi connectivity index (χ2v) is 8.99.